The van der Waals surface area contributed by atoms with Gasteiger partial charge in [-0.1, -0.05) is 0 Å². The highest BCUT2D eigenvalue weighted by Crippen LogP contribution is 2.64. The minimum atomic E-state index is -4.67. The topological polar surface area (TPSA) is 69.2 Å². The van der Waals surface area contributed by atoms with Crippen LogP contribution in [-0.2, 0) is 17.5 Å². The number of likely N-dealkylation sites (tertiary alicyclic amines) is 1. The molecule has 0 spiro atoms. The first kappa shape index (κ1) is 22.5. The number of nitrogen functional groups attached to an aromatic ring is 1. The summed E-state index contributed by atoms with van der Waals surface area (Å²) in [7, 11) is 1.73. The van der Waals surface area contributed by atoms with E-state index < -0.39 is 30.5 Å². The van der Waals surface area contributed by atoms with Crippen molar-refractivity contribution in [2.75, 3.05) is 25.9 Å². The first-order chi connectivity index (χ1) is 15.7. The zero-order valence-corrected chi connectivity index (χ0v) is 18.1. The predicted octanol–water partition coefficient (Wildman–Crippen LogP) is 4.02. The minimum Gasteiger partial charge on any atom is -0.383 e. The number of hydrogen-bond acceptors (Lipinski definition) is 5. The Balaban J connectivity index is 1.37. The number of nitrogens with two attached hydrogens (primary N) is 1. The number of pyridine rings is 1. The Morgan fingerprint density at radius 2 is 1.94 bits per heavy atom. The number of alkyl halides is 5. The molecule has 0 radical (unpaired) electrons. The summed E-state index contributed by atoms with van der Waals surface area (Å²) in [5, 5.41) is 4.24. The molecule has 6 nitrogen and oxygen atoms in total. The van der Waals surface area contributed by atoms with Crippen LogP contribution in [0.4, 0.5) is 27.8 Å². The molecule has 0 bridgehead atoms. The molecule has 180 valence electrons. The van der Waals surface area contributed by atoms with E-state index in [0.717, 1.165) is 38.4 Å². The lowest BCUT2D eigenvalue weighted by molar-refractivity contribution is -0.137. The second kappa shape index (κ2) is 8.19. The van der Waals surface area contributed by atoms with Crippen LogP contribution in [0.5, 0.6) is 0 Å². The Labute approximate surface area is 187 Å². The van der Waals surface area contributed by atoms with E-state index in [1.54, 1.807) is 13.2 Å². The van der Waals surface area contributed by atoms with Crippen molar-refractivity contribution >= 4 is 5.82 Å². The summed E-state index contributed by atoms with van der Waals surface area (Å²) in [6, 6.07) is 2.99. The van der Waals surface area contributed by atoms with Gasteiger partial charge < -0.3 is 10.5 Å². The Morgan fingerprint density at radius 3 is 2.55 bits per heavy atom. The summed E-state index contributed by atoms with van der Waals surface area (Å²) < 4.78 is 72.9. The van der Waals surface area contributed by atoms with Gasteiger partial charge in [0.2, 0.25) is 0 Å². The molecule has 0 amide bonds. The summed E-state index contributed by atoms with van der Waals surface area (Å²) >= 11 is 0. The average Bonchev–Trinajstić information content (AvgIpc) is 3.21. The third-order valence-electron chi connectivity index (χ3n) is 7.43. The van der Waals surface area contributed by atoms with Gasteiger partial charge in [0.25, 0.3) is 6.43 Å². The van der Waals surface area contributed by atoms with Gasteiger partial charge in [-0.25, -0.2) is 13.8 Å². The van der Waals surface area contributed by atoms with Crippen LogP contribution in [0.3, 0.4) is 0 Å². The molecule has 2 N–H and O–H groups in total. The van der Waals surface area contributed by atoms with Crippen molar-refractivity contribution < 1.29 is 26.7 Å². The third kappa shape index (κ3) is 4.21. The number of nitrogens with zero attached hydrogens (tertiary/aromatic N) is 4. The molecule has 33 heavy (non-hydrogen) atoms. The monoisotopic (exact) mass is 471 g/mol. The number of rotatable bonds is 6. The highest BCUT2D eigenvalue weighted by molar-refractivity contribution is 5.63. The van der Waals surface area contributed by atoms with Crippen molar-refractivity contribution in [1.82, 2.24) is 19.7 Å². The SMILES string of the molecule is CO[C@H]1CCN([C@H]2C[C@@H]3[C@H](C2)[C@@H]3c2cc(-c3cnc(N)c(C(F)(F)F)c3)nn2CC(F)F)C1. The van der Waals surface area contributed by atoms with Crippen LogP contribution in [-0.4, -0.2) is 58.4 Å². The standard InChI is InChI=1S/C22H26F5N5O/c1-33-13-2-3-31(9-13)12-5-14-15(6-12)20(14)18-7-17(30-32(18)10-19(23)24)11-4-16(22(25,26)27)21(28)29-8-11/h4,7-8,12-15,19-20H,2-3,5-6,9-10H2,1H3,(H2,28,29)/t12-,13-,14+,15-,20+/m0/s1. The molecule has 3 heterocycles. The van der Waals surface area contributed by atoms with Crippen LogP contribution in [0.2, 0.25) is 0 Å². The van der Waals surface area contributed by atoms with Gasteiger partial charge in [-0.3, -0.25) is 9.58 Å². The number of halogens is 5. The first-order valence-corrected chi connectivity index (χ1v) is 11.1. The summed E-state index contributed by atoms with van der Waals surface area (Å²) in [6.07, 6.45) is -2.82. The van der Waals surface area contributed by atoms with E-state index >= 15 is 0 Å². The highest BCUT2D eigenvalue weighted by atomic mass is 19.4. The van der Waals surface area contributed by atoms with E-state index in [4.69, 9.17) is 10.5 Å². The average molecular weight is 471 g/mol. The van der Waals surface area contributed by atoms with Crippen LogP contribution in [0, 0.1) is 11.8 Å². The Hall–Kier alpha value is -2.27. The lowest BCUT2D eigenvalue weighted by Gasteiger charge is -2.26. The van der Waals surface area contributed by atoms with Gasteiger partial charge in [-0.2, -0.15) is 18.3 Å². The van der Waals surface area contributed by atoms with Gasteiger partial charge in [0, 0.05) is 49.6 Å². The Morgan fingerprint density at radius 1 is 1.21 bits per heavy atom. The Kier molecular flexibility index (Phi) is 5.59. The molecule has 5 atom stereocenters. The fraction of sp³-hybridized carbons (Fsp3) is 0.636. The van der Waals surface area contributed by atoms with Crippen molar-refractivity contribution in [2.45, 2.75) is 56.5 Å². The van der Waals surface area contributed by atoms with Crippen molar-refractivity contribution in [1.29, 1.82) is 0 Å². The fourth-order valence-electron chi connectivity index (χ4n) is 5.79. The van der Waals surface area contributed by atoms with Crippen LogP contribution < -0.4 is 5.73 Å². The number of aromatic nitrogens is 3. The molecule has 2 aromatic rings. The quantitative estimate of drug-likeness (QED) is 0.645. The van der Waals surface area contributed by atoms with E-state index in [1.807, 2.05) is 0 Å². The number of anilines is 1. The van der Waals surface area contributed by atoms with E-state index in [9.17, 15) is 22.0 Å². The molecular formula is C22H26F5N5O. The van der Waals surface area contributed by atoms with Crippen LogP contribution >= 0.6 is 0 Å². The lowest BCUT2D eigenvalue weighted by Crippen LogP contribution is -2.33. The lowest BCUT2D eigenvalue weighted by atomic mass is 10.0. The van der Waals surface area contributed by atoms with Crippen LogP contribution in [0.25, 0.3) is 11.3 Å². The first-order valence-electron chi connectivity index (χ1n) is 11.1. The zero-order valence-electron chi connectivity index (χ0n) is 18.1. The normalized spacial score (nSPS) is 29.7. The second-order valence-electron chi connectivity index (χ2n) is 9.30. The predicted molar refractivity (Wildman–Crippen MR) is 111 cm³/mol. The maximum Gasteiger partial charge on any atom is 0.419 e. The van der Waals surface area contributed by atoms with Crippen LogP contribution in [0.1, 0.15) is 36.4 Å². The molecule has 1 aliphatic heterocycles. The molecule has 3 aliphatic rings. The molecule has 2 saturated carbocycles. The molecule has 1 saturated heterocycles. The largest absolute Gasteiger partial charge is 0.419 e. The third-order valence-corrected chi connectivity index (χ3v) is 7.43. The molecule has 2 aliphatic carbocycles. The number of methoxy groups -OCH3 is 1. The smallest absolute Gasteiger partial charge is 0.383 e. The van der Waals surface area contributed by atoms with Gasteiger partial charge in [-0.15, -0.1) is 0 Å². The highest BCUT2D eigenvalue weighted by Gasteiger charge is 2.59. The van der Waals surface area contributed by atoms with E-state index in [-0.39, 0.29) is 23.3 Å². The van der Waals surface area contributed by atoms with Gasteiger partial charge in [-0.05, 0) is 43.2 Å². The maximum absolute atomic E-state index is 13.3. The summed E-state index contributed by atoms with van der Waals surface area (Å²) in [5.74, 6) is 0.241. The minimum absolute atomic E-state index is 0.103. The molecule has 2 aromatic heterocycles. The van der Waals surface area contributed by atoms with Crippen LogP contribution in [0.15, 0.2) is 18.3 Å². The van der Waals surface area contributed by atoms with E-state index in [0.29, 0.717) is 23.6 Å². The van der Waals surface area contributed by atoms with Crippen molar-refractivity contribution in [3.05, 3.63) is 29.6 Å². The maximum atomic E-state index is 13.3. The van der Waals surface area contributed by atoms with Crippen molar-refractivity contribution in [2.24, 2.45) is 11.8 Å². The molecule has 11 heteroatoms. The van der Waals surface area contributed by atoms with Crippen molar-refractivity contribution in [3.8, 4) is 11.3 Å². The van der Waals surface area contributed by atoms with Gasteiger partial charge >= 0.3 is 6.18 Å². The second-order valence-corrected chi connectivity index (χ2v) is 9.30. The Bertz CT molecular complexity index is 1010. The molecule has 3 fully saturated rings. The molecular weight excluding hydrogens is 445 g/mol. The number of ether oxygens (including phenoxy) is 1. The molecule has 0 aromatic carbocycles. The molecule has 0 unspecified atom stereocenters. The van der Waals surface area contributed by atoms with E-state index in [2.05, 4.69) is 15.0 Å². The summed E-state index contributed by atoms with van der Waals surface area (Å²) in [6.45, 7) is 1.34. The van der Waals surface area contributed by atoms with Gasteiger partial charge in [0.05, 0.1) is 17.4 Å². The van der Waals surface area contributed by atoms with Gasteiger partial charge in [0.15, 0.2) is 0 Å². The summed E-state index contributed by atoms with van der Waals surface area (Å²) in [5.41, 5.74) is 5.31. The summed E-state index contributed by atoms with van der Waals surface area (Å²) in [4.78, 5) is 6.11. The van der Waals surface area contributed by atoms with Gasteiger partial charge in [0.1, 0.15) is 12.4 Å². The number of fused-ring (bicyclic) bond motifs is 1. The fourth-order valence-corrected chi connectivity index (χ4v) is 5.79. The molecule has 5 rings (SSSR count). The van der Waals surface area contributed by atoms with E-state index in [1.165, 1.54) is 10.9 Å². The van der Waals surface area contributed by atoms with Crippen molar-refractivity contribution in [3.63, 3.8) is 0 Å². The zero-order chi connectivity index (χ0) is 23.5. The number of hydrogen-bond donors (Lipinski definition) is 1.